The Morgan fingerprint density at radius 1 is 1.10 bits per heavy atom. The first kappa shape index (κ1) is 17.8. The van der Waals surface area contributed by atoms with Crippen LogP contribution in [0.15, 0.2) is 0 Å². The van der Waals surface area contributed by atoms with Crippen LogP contribution in [0.4, 0.5) is 0 Å². The summed E-state index contributed by atoms with van der Waals surface area (Å²) in [4.78, 5) is 0. The first-order valence-corrected chi connectivity index (χ1v) is 7.89. The minimum Gasteiger partial charge on any atom is -0.759 e. The zero-order valence-corrected chi connectivity index (χ0v) is 11.7. The predicted octanol–water partition coefficient (Wildman–Crippen LogP) is 0.347. The zero-order valence-electron chi connectivity index (χ0n) is 4.46. The monoisotopic (exact) mass is 292 g/mol. The van der Waals surface area contributed by atoms with Crippen LogP contribution < -0.4 is 0 Å². The van der Waals surface area contributed by atoms with Crippen LogP contribution >= 0.6 is 30.1 Å². The van der Waals surface area contributed by atoms with E-state index in [-0.39, 0.29) is 19.5 Å². The Morgan fingerprint density at radius 3 is 1.10 bits per heavy atom. The summed E-state index contributed by atoms with van der Waals surface area (Å²) in [5, 5.41) is 0. The average molecular weight is 295 g/mol. The van der Waals surface area contributed by atoms with Gasteiger partial charge in [-0.1, -0.05) is 0 Å². The van der Waals surface area contributed by atoms with Gasteiger partial charge in [-0.25, -0.2) is 30.1 Å². The zero-order chi connectivity index (χ0) is 8.08. The van der Waals surface area contributed by atoms with E-state index >= 15 is 0 Å². The normalized spacial score (nSPS) is 8.50. The van der Waals surface area contributed by atoms with Crippen molar-refractivity contribution in [3.05, 3.63) is 0 Å². The van der Waals surface area contributed by atoms with E-state index < -0.39 is 21.8 Å². The van der Waals surface area contributed by atoms with E-state index in [9.17, 15) is 0 Å². The van der Waals surface area contributed by atoms with E-state index in [1.807, 2.05) is 0 Å². The molecular weight excluding hydrogens is 295 g/mol. The van der Waals surface area contributed by atoms with Crippen LogP contribution in [-0.2, 0) is 29.9 Å². The maximum absolute atomic E-state index is 8.52. The van der Waals surface area contributed by atoms with Crippen molar-refractivity contribution < 1.29 is 37.0 Å². The maximum atomic E-state index is 8.52. The van der Waals surface area contributed by atoms with Crippen molar-refractivity contribution in [1.29, 1.82) is 0 Å². The Hall–Kier alpha value is 1.90. The van der Waals surface area contributed by atoms with Crippen molar-refractivity contribution in [2.75, 3.05) is 0 Å². The first-order chi connectivity index (χ1) is 3.73. The Morgan fingerprint density at radius 2 is 1.10 bits per heavy atom. The van der Waals surface area contributed by atoms with E-state index in [0.717, 1.165) is 0 Å². The molecule has 10 heteroatoms. The van der Waals surface area contributed by atoms with Gasteiger partial charge in [0.15, 0.2) is 0 Å². The van der Waals surface area contributed by atoms with Gasteiger partial charge in [-0.15, -0.1) is 0 Å². The fourth-order valence-electron chi connectivity index (χ4n) is 0. The Kier molecular flexibility index (Phi) is 16.0. The third kappa shape index (κ3) is 218. The third-order valence-electron chi connectivity index (χ3n) is 0. The predicted molar refractivity (Wildman–Crippen MR) is 33.8 cm³/mol. The van der Waals surface area contributed by atoms with Crippen molar-refractivity contribution in [3.63, 3.8) is 0 Å². The van der Waals surface area contributed by atoms with Crippen molar-refractivity contribution in [2.24, 2.45) is 0 Å². The number of rotatable bonds is 0. The molecule has 0 rings (SSSR count). The molecule has 0 radical (unpaired) electrons. The van der Waals surface area contributed by atoms with Crippen molar-refractivity contribution in [2.45, 2.75) is 0 Å². The van der Waals surface area contributed by atoms with Crippen LogP contribution in [0.5, 0.6) is 0 Å². The Bertz CT molecular complexity index is 132. The molecule has 0 heterocycles. The van der Waals surface area contributed by atoms with Crippen molar-refractivity contribution >= 4 is 51.9 Å². The van der Waals surface area contributed by atoms with Gasteiger partial charge in [0.25, 0.3) is 0 Å². The van der Waals surface area contributed by atoms with Gasteiger partial charge in [-0.3, -0.25) is 8.42 Å². The summed E-state index contributed by atoms with van der Waals surface area (Å²) in [5.41, 5.74) is 0. The number of hydrogen-bond acceptors (Lipinski definition) is 4. The molecular formula is AlCl3O4SZn. The molecule has 0 aromatic heterocycles. The minimum absolute atomic E-state index is 0. The molecule has 0 unspecified atom stereocenters. The van der Waals surface area contributed by atoms with Gasteiger partial charge >= 0.3 is 30.9 Å². The van der Waals surface area contributed by atoms with Gasteiger partial charge in [-0.2, -0.15) is 0 Å². The molecule has 0 amide bonds. The van der Waals surface area contributed by atoms with Gasteiger partial charge in [-0.05, 0) is 0 Å². The second-order valence-corrected chi connectivity index (χ2v) is 7.91. The van der Waals surface area contributed by atoms with Crippen LogP contribution in [0.2, 0.25) is 0 Å². The van der Waals surface area contributed by atoms with Gasteiger partial charge < -0.3 is 9.11 Å². The Labute approximate surface area is 88.2 Å². The molecule has 0 aromatic carbocycles. The maximum Gasteiger partial charge on any atom is 2.00 e. The van der Waals surface area contributed by atoms with Gasteiger partial charge in [0.05, 0.1) is 0 Å². The summed E-state index contributed by atoms with van der Waals surface area (Å²) in [6, 6.07) is 0. The quantitative estimate of drug-likeness (QED) is 0.367. The molecule has 4 nitrogen and oxygen atoms in total. The van der Waals surface area contributed by atoms with E-state index in [1.165, 1.54) is 0 Å². The standard InChI is InChI=1S/Al.3ClH.H2O4S.Zn/c;;;;1-5(2,3)4;/h;3*1H;(H2,1,2,3,4);/q+3;;;;;+2/p-5. The van der Waals surface area contributed by atoms with Crippen molar-refractivity contribution in [3.8, 4) is 0 Å². The summed E-state index contributed by atoms with van der Waals surface area (Å²) in [5.74, 6) is 0. The SMILES string of the molecule is O=S(=O)([O-])[O-].[Cl][Al]([Cl])[Cl].[Zn+2]. The van der Waals surface area contributed by atoms with E-state index in [1.54, 1.807) is 0 Å². The molecule has 0 aliphatic carbocycles. The molecule has 56 valence electrons. The fraction of sp³-hybridized carbons (Fsp3) is 0. The summed E-state index contributed by atoms with van der Waals surface area (Å²) in [6.07, 6.45) is 0. The second-order valence-electron chi connectivity index (χ2n) is 0.656. The molecule has 0 fully saturated rings. The molecule has 0 N–H and O–H groups in total. The molecule has 0 saturated carbocycles. The smallest absolute Gasteiger partial charge is 0.759 e. The van der Waals surface area contributed by atoms with E-state index in [4.69, 9.17) is 47.7 Å². The topological polar surface area (TPSA) is 80.3 Å². The fourth-order valence-corrected chi connectivity index (χ4v) is 0. The van der Waals surface area contributed by atoms with Crippen LogP contribution in [-0.4, -0.2) is 28.9 Å². The first-order valence-electron chi connectivity index (χ1n) is 1.32. The molecule has 0 aromatic rings. The van der Waals surface area contributed by atoms with Crippen LogP contribution in [0.1, 0.15) is 0 Å². The van der Waals surface area contributed by atoms with Crippen LogP contribution in [0.3, 0.4) is 0 Å². The van der Waals surface area contributed by atoms with Crippen molar-refractivity contribution in [1.82, 2.24) is 0 Å². The largest absolute Gasteiger partial charge is 2.00 e. The molecule has 0 aliphatic heterocycles. The Balaban J connectivity index is -0.0000000910. The molecule has 0 saturated heterocycles. The number of halogens is 3. The second kappa shape index (κ2) is 8.99. The summed E-state index contributed by atoms with van der Waals surface area (Å²) >= 11 is -1.72. The summed E-state index contributed by atoms with van der Waals surface area (Å²) < 4.78 is 34.1. The average Bonchev–Trinajstić information content (AvgIpc) is 1.19. The number of hydrogen-bond donors (Lipinski definition) is 0. The summed E-state index contributed by atoms with van der Waals surface area (Å²) in [7, 11) is 9.67. The molecule has 10 heavy (non-hydrogen) atoms. The van der Waals surface area contributed by atoms with Crippen LogP contribution in [0, 0.1) is 0 Å². The summed E-state index contributed by atoms with van der Waals surface area (Å²) in [6.45, 7) is 0. The molecule has 0 atom stereocenters. The van der Waals surface area contributed by atoms with Gasteiger partial charge in [0, 0.05) is 10.4 Å². The van der Waals surface area contributed by atoms with Gasteiger partial charge in [0.2, 0.25) is 0 Å². The minimum atomic E-state index is -5.17. The molecule has 0 bridgehead atoms. The molecule has 0 aliphatic rings. The van der Waals surface area contributed by atoms with Crippen LogP contribution in [0.25, 0.3) is 0 Å². The van der Waals surface area contributed by atoms with E-state index in [0.29, 0.717) is 0 Å². The molecule has 0 spiro atoms. The van der Waals surface area contributed by atoms with Gasteiger partial charge in [0.1, 0.15) is 0 Å². The third-order valence-corrected chi connectivity index (χ3v) is 0. The van der Waals surface area contributed by atoms with E-state index in [2.05, 4.69) is 0 Å².